The Morgan fingerprint density at radius 2 is 0.909 bits per heavy atom. The topological polar surface area (TPSA) is 95.9 Å². The molecule has 0 saturated heterocycles. The molecule has 1 amide bonds. The standard InChI is InChI=1S/C49H91NO5/c1-3-5-7-9-11-13-15-17-18-19-20-21-23-27-31-35-39-43-49(54)55-44-40-36-32-28-24-26-30-34-38-42-48(53)50-46(45-51)47(52)41-37-33-29-25-22-16-14-12-10-8-6-4-2/h11,13,17-18,37,41,46-47,51-52H,3-10,12,14-16,19-36,38-40,42-45H2,1-2H3,(H,50,53)/b13-11-,18-17-,41-37+. The third-order valence-electron chi connectivity index (χ3n) is 10.7. The Labute approximate surface area is 341 Å². The van der Waals surface area contributed by atoms with Gasteiger partial charge in [0, 0.05) is 12.8 Å². The SMILES string of the molecule is CCCCC/C=C\C/C=C\CCCCCCCCCC(=O)OCCCCCCCCCCCC(=O)NC(CO)C(O)/C=C/CCCCCCCCCCCC. The molecular weight excluding hydrogens is 683 g/mol. The van der Waals surface area contributed by atoms with Gasteiger partial charge in [0.1, 0.15) is 0 Å². The normalized spacial score (nSPS) is 13.0. The van der Waals surface area contributed by atoms with E-state index >= 15 is 0 Å². The first-order valence-corrected chi connectivity index (χ1v) is 23.8. The van der Waals surface area contributed by atoms with Gasteiger partial charge in [0.2, 0.25) is 5.91 Å². The Kier molecular flexibility index (Phi) is 43.2. The van der Waals surface area contributed by atoms with Gasteiger partial charge in [-0.1, -0.05) is 198 Å². The minimum absolute atomic E-state index is 0.0361. The van der Waals surface area contributed by atoms with E-state index in [9.17, 15) is 19.8 Å². The molecule has 0 aliphatic carbocycles. The number of allylic oxidation sites excluding steroid dienone is 5. The Bertz CT molecular complexity index is 900. The maximum absolute atomic E-state index is 12.4. The number of nitrogens with one attached hydrogen (secondary N) is 1. The molecule has 0 bridgehead atoms. The van der Waals surface area contributed by atoms with Crippen LogP contribution in [0.2, 0.25) is 0 Å². The highest BCUT2D eigenvalue weighted by atomic mass is 16.5. The number of rotatable bonds is 43. The zero-order chi connectivity index (χ0) is 40.1. The molecule has 0 aromatic rings. The van der Waals surface area contributed by atoms with E-state index in [1.807, 2.05) is 6.08 Å². The zero-order valence-corrected chi connectivity index (χ0v) is 36.4. The van der Waals surface area contributed by atoms with Crippen LogP contribution in [-0.2, 0) is 14.3 Å². The van der Waals surface area contributed by atoms with Crippen LogP contribution < -0.4 is 5.32 Å². The maximum Gasteiger partial charge on any atom is 0.305 e. The lowest BCUT2D eigenvalue weighted by Crippen LogP contribution is -2.45. The minimum Gasteiger partial charge on any atom is -0.466 e. The number of amides is 1. The molecule has 55 heavy (non-hydrogen) atoms. The predicted octanol–water partition coefficient (Wildman–Crippen LogP) is 13.7. The van der Waals surface area contributed by atoms with Crippen LogP contribution in [0.3, 0.4) is 0 Å². The smallest absolute Gasteiger partial charge is 0.305 e. The summed E-state index contributed by atoms with van der Waals surface area (Å²) < 4.78 is 5.44. The van der Waals surface area contributed by atoms with Crippen molar-refractivity contribution in [1.29, 1.82) is 0 Å². The van der Waals surface area contributed by atoms with Crippen LogP contribution in [0.4, 0.5) is 0 Å². The van der Waals surface area contributed by atoms with Gasteiger partial charge in [0.05, 0.1) is 25.4 Å². The molecular formula is C49H91NO5. The van der Waals surface area contributed by atoms with Crippen LogP contribution in [-0.4, -0.2) is 47.4 Å². The van der Waals surface area contributed by atoms with E-state index in [0.717, 1.165) is 64.2 Å². The summed E-state index contributed by atoms with van der Waals surface area (Å²) in [5, 5.41) is 22.9. The fourth-order valence-electron chi connectivity index (χ4n) is 6.95. The number of hydrogen-bond donors (Lipinski definition) is 3. The fraction of sp³-hybridized carbons (Fsp3) is 0.837. The van der Waals surface area contributed by atoms with Gasteiger partial charge in [0.25, 0.3) is 0 Å². The first-order chi connectivity index (χ1) is 27.0. The second-order valence-corrected chi connectivity index (χ2v) is 16.1. The minimum atomic E-state index is -0.861. The van der Waals surface area contributed by atoms with Crippen molar-refractivity contribution < 1.29 is 24.5 Å². The van der Waals surface area contributed by atoms with Crippen LogP contribution in [0.1, 0.15) is 239 Å². The summed E-state index contributed by atoms with van der Waals surface area (Å²) in [6, 6.07) is -0.647. The highest BCUT2D eigenvalue weighted by molar-refractivity contribution is 5.76. The van der Waals surface area contributed by atoms with Gasteiger partial charge >= 0.3 is 5.97 Å². The van der Waals surface area contributed by atoms with Crippen molar-refractivity contribution in [1.82, 2.24) is 5.32 Å². The monoisotopic (exact) mass is 774 g/mol. The second kappa shape index (κ2) is 44.8. The number of carbonyl (C=O) groups excluding carboxylic acids is 2. The number of ether oxygens (including phenoxy) is 1. The molecule has 0 rings (SSSR count). The average molecular weight is 774 g/mol. The third-order valence-corrected chi connectivity index (χ3v) is 10.7. The van der Waals surface area contributed by atoms with Crippen LogP contribution >= 0.6 is 0 Å². The van der Waals surface area contributed by atoms with Crippen molar-refractivity contribution in [3.8, 4) is 0 Å². The molecule has 0 saturated carbocycles. The van der Waals surface area contributed by atoms with Crippen molar-refractivity contribution in [2.24, 2.45) is 0 Å². The molecule has 0 heterocycles. The summed E-state index contributed by atoms with van der Waals surface area (Å²) in [5.41, 5.74) is 0. The summed E-state index contributed by atoms with van der Waals surface area (Å²) in [7, 11) is 0. The van der Waals surface area contributed by atoms with Gasteiger partial charge in [-0.15, -0.1) is 0 Å². The summed E-state index contributed by atoms with van der Waals surface area (Å²) in [6.45, 7) is 4.79. The summed E-state index contributed by atoms with van der Waals surface area (Å²) in [4.78, 5) is 24.4. The van der Waals surface area contributed by atoms with Gasteiger partial charge in [-0.2, -0.15) is 0 Å². The van der Waals surface area contributed by atoms with Crippen LogP contribution in [0.25, 0.3) is 0 Å². The molecule has 322 valence electrons. The molecule has 0 aromatic carbocycles. The molecule has 2 unspecified atom stereocenters. The van der Waals surface area contributed by atoms with Crippen molar-refractivity contribution in [2.45, 2.75) is 251 Å². The van der Waals surface area contributed by atoms with Crippen molar-refractivity contribution >= 4 is 11.9 Å². The molecule has 0 aliphatic heterocycles. The number of aliphatic hydroxyl groups is 2. The molecule has 0 fully saturated rings. The first-order valence-electron chi connectivity index (χ1n) is 23.8. The molecule has 6 heteroatoms. The van der Waals surface area contributed by atoms with Gasteiger partial charge in [-0.3, -0.25) is 9.59 Å². The number of hydrogen-bond acceptors (Lipinski definition) is 5. The highest BCUT2D eigenvalue weighted by Gasteiger charge is 2.18. The first kappa shape index (κ1) is 53.1. The van der Waals surface area contributed by atoms with Crippen LogP contribution in [0, 0.1) is 0 Å². The number of unbranched alkanes of at least 4 members (excludes halogenated alkanes) is 28. The van der Waals surface area contributed by atoms with E-state index in [-0.39, 0.29) is 18.5 Å². The Morgan fingerprint density at radius 1 is 0.509 bits per heavy atom. The van der Waals surface area contributed by atoms with Crippen molar-refractivity contribution in [3.63, 3.8) is 0 Å². The van der Waals surface area contributed by atoms with E-state index in [2.05, 4.69) is 43.5 Å². The van der Waals surface area contributed by atoms with E-state index in [1.165, 1.54) is 148 Å². The molecule has 3 N–H and O–H groups in total. The van der Waals surface area contributed by atoms with Crippen LogP contribution in [0.15, 0.2) is 36.5 Å². The number of carbonyl (C=O) groups is 2. The van der Waals surface area contributed by atoms with Gasteiger partial charge in [0.15, 0.2) is 0 Å². The molecule has 0 aromatic heterocycles. The summed E-state index contributed by atoms with van der Waals surface area (Å²) >= 11 is 0. The lowest BCUT2D eigenvalue weighted by Gasteiger charge is -2.20. The lowest BCUT2D eigenvalue weighted by atomic mass is 10.0. The lowest BCUT2D eigenvalue weighted by molar-refractivity contribution is -0.143. The van der Waals surface area contributed by atoms with Crippen molar-refractivity contribution in [2.75, 3.05) is 13.2 Å². The molecule has 0 spiro atoms. The Balaban J connectivity index is 3.53. The van der Waals surface area contributed by atoms with Crippen LogP contribution in [0.5, 0.6) is 0 Å². The largest absolute Gasteiger partial charge is 0.466 e. The third kappa shape index (κ3) is 41.5. The van der Waals surface area contributed by atoms with E-state index in [4.69, 9.17) is 4.74 Å². The fourth-order valence-corrected chi connectivity index (χ4v) is 6.95. The quantitative estimate of drug-likeness (QED) is 0.0326. The number of esters is 1. The zero-order valence-electron chi connectivity index (χ0n) is 36.4. The molecule has 0 aliphatic rings. The highest BCUT2D eigenvalue weighted by Crippen LogP contribution is 2.14. The van der Waals surface area contributed by atoms with E-state index < -0.39 is 12.1 Å². The maximum atomic E-state index is 12.4. The Hall–Kier alpha value is -1.92. The molecule has 0 radical (unpaired) electrons. The Morgan fingerprint density at radius 3 is 1.42 bits per heavy atom. The van der Waals surface area contributed by atoms with Gasteiger partial charge < -0.3 is 20.3 Å². The number of aliphatic hydroxyl groups excluding tert-OH is 2. The summed E-state index contributed by atoms with van der Waals surface area (Å²) in [6.07, 6.45) is 52.7. The van der Waals surface area contributed by atoms with Crippen molar-refractivity contribution in [3.05, 3.63) is 36.5 Å². The molecule has 2 atom stereocenters. The summed E-state index contributed by atoms with van der Waals surface area (Å²) in [5.74, 6) is -0.134. The average Bonchev–Trinajstić information content (AvgIpc) is 3.18. The molecule has 6 nitrogen and oxygen atoms in total. The van der Waals surface area contributed by atoms with E-state index in [1.54, 1.807) is 6.08 Å². The van der Waals surface area contributed by atoms with Gasteiger partial charge in [-0.05, 0) is 64.2 Å². The van der Waals surface area contributed by atoms with E-state index in [0.29, 0.717) is 19.4 Å². The predicted molar refractivity (Wildman–Crippen MR) is 236 cm³/mol. The second-order valence-electron chi connectivity index (χ2n) is 16.1. The van der Waals surface area contributed by atoms with Gasteiger partial charge in [-0.25, -0.2) is 0 Å².